The van der Waals surface area contributed by atoms with Gasteiger partial charge in [0.15, 0.2) is 6.04 Å². The highest BCUT2D eigenvalue weighted by molar-refractivity contribution is 5.91. The van der Waals surface area contributed by atoms with E-state index in [2.05, 4.69) is 10.4 Å². The minimum Gasteiger partial charge on any atom is -0.480 e. The summed E-state index contributed by atoms with van der Waals surface area (Å²) >= 11 is 0. The van der Waals surface area contributed by atoms with Crippen molar-refractivity contribution < 1.29 is 19.4 Å². The molecule has 88 valence electrons. The molecule has 0 bridgehead atoms. The lowest BCUT2D eigenvalue weighted by molar-refractivity contribution is -0.142. The first kappa shape index (κ1) is 12.2. The maximum atomic E-state index is 11.2. The van der Waals surface area contributed by atoms with Crippen LogP contribution in [0.25, 0.3) is 0 Å². The fourth-order valence-corrected chi connectivity index (χ4v) is 1.18. The second kappa shape index (κ2) is 5.26. The maximum absolute atomic E-state index is 11.2. The van der Waals surface area contributed by atoms with Crippen molar-refractivity contribution in [1.82, 2.24) is 15.1 Å². The molecule has 1 rings (SSSR count). The van der Waals surface area contributed by atoms with Crippen LogP contribution in [0.1, 0.15) is 16.5 Å². The molecule has 7 heteroatoms. The molecule has 1 aromatic rings. The summed E-state index contributed by atoms with van der Waals surface area (Å²) in [7, 11) is 2.88. The molecule has 2 N–H and O–H groups in total. The summed E-state index contributed by atoms with van der Waals surface area (Å²) in [6.07, 6.45) is 1.43. The summed E-state index contributed by atoms with van der Waals surface area (Å²) in [5.74, 6) is -1.42. The Morgan fingerprint density at radius 3 is 2.88 bits per heavy atom. The van der Waals surface area contributed by atoms with Gasteiger partial charge in [-0.15, -0.1) is 0 Å². The molecule has 1 amide bonds. The summed E-state index contributed by atoms with van der Waals surface area (Å²) in [6.45, 7) is -0.00972. The number of methoxy groups -OCH3 is 1. The van der Waals surface area contributed by atoms with Crippen molar-refractivity contribution in [2.75, 3.05) is 20.8 Å². The van der Waals surface area contributed by atoms with Gasteiger partial charge in [-0.25, -0.2) is 4.79 Å². The van der Waals surface area contributed by atoms with E-state index in [4.69, 9.17) is 9.84 Å². The summed E-state index contributed by atoms with van der Waals surface area (Å²) in [5, 5.41) is 15.2. The van der Waals surface area contributed by atoms with Crippen LogP contribution in [-0.4, -0.2) is 47.5 Å². The second-order valence-corrected chi connectivity index (χ2v) is 3.07. The van der Waals surface area contributed by atoms with E-state index in [9.17, 15) is 9.59 Å². The molecular formula is C9H13N3O4. The molecule has 0 aliphatic rings. The fourth-order valence-electron chi connectivity index (χ4n) is 1.18. The van der Waals surface area contributed by atoms with Gasteiger partial charge in [-0.3, -0.25) is 9.48 Å². The first-order valence-electron chi connectivity index (χ1n) is 4.59. The molecule has 0 saturated heterocycles. The number of hydrogen-bond donors (Lipinski definition) is 2. The average molecular weight is 227 g/mol. The number of hydrogen-bond acceptors (Lipinski definition) is 4. The van der Waals surface area contributed by atoms with E-state index in [-0.39, 0.29) is 18.2 Å². The molecule has 16 heavy (non-hydrogen) atoms. The SMILES string of the molecule is CNC(=O)c1ccn(C(COC)C(=O)O)n1. The van der Waals surface area contributed by atoms with Gasteiger partial charge >= 0.3 is 5.97 Å². The van der Waals surface area contributed by atoms with Gasteiger partial charge < -0.3 is 15.2 Å². The monoisotopic (exact) mass is 227 g/mol. The zero-order valence-electron chi connectivity index (χ0n) is 9.01. The van der Waals surface area contributed by atoms with Crippen molar-refractivity contribution in [2.24, 2.45) is 0 Å². The molecule has 1 unspecified atom stereocenters. The minimum atomic E-state index is -1.06. The van der Waals surface area contributed by atoms with E-state index >= 15 is 0 Å². The van der Waals surface area contributed by atoms with Crippen LogP contribution in [0.3, 0.4) is 0 Å². The zero-order valence-corrected chi connectivity index (χ0v) is 9.01. The van der Waals surface area contributed by atoms with Crippen LogP contribution >= 0.6 is 0 Å². The summed E-state index contributed by atoms with van der Waals surface area (Å²) in [5.41, 5.74) is 0.171. The summed E-state index contributed by atoms with van der Waals surface area (Å²) < 4.78 is 5.96. The average Bonchev–Trinajstić information content (AvgIpc) is 2.73. The van der Waals surface area contributed by atoms with Crippen LogP contribution < -0.4 is 5.32 Å². The molecule has 1 atom stereocenters. The van der Waals surface area contributed by atoms with Gasteiger partial charge in [0.1, 0.15) is 5.69 Å². The number of carbonyl (C=O) groups excluding carboxylic acids is 1. The van der Waals surface area contributed by atoms with Crippen LogP contribution in [0.15, 0.2) is 12.3 Å². The lowest BCUT2D eigenvalue weighted by Gasteiger charge is -2.11. The van der Waals surface area contributed by atoms with Crippen LogP contribution in [0, 0.1) is 0 Å². The molecule has 7 nitrogen and oxygen atoms in total. The Kier molecular flexibility index (Phi) is 4.01. The van der Waals surface area contributed by atoms with Gasteiger partial charge in [0.25, 0.3) is 5.91 Å². The lowest BCUT2D eigenvalue weighted by atomic mass is 10.3. The molecule has 1 aromatic heterocycles. The number of carboxylic acid groups (broad SMARTS) is 1. The largest absolute Gasteiger partial charge is 0.480 e. The predicted molar refractivity (Wildman–Crippen MR) is 54.2 cm³/mol. The highest BCUT2D eigenvalue weighted by atomic mass is 16.5. The van der Waals surface area contributed by atoms with E-state index in [1.807, 2.05) is 0 Å². The Morgan fingerprint density at radius 2 is 2.38 bits per heavy atom. The molecule has 1 heterocycles. The van der Waals surface area contributed by atoms with Gasteiger partial charge in [-0.1, -0.05) is 0 Å². The van der Waals surface area contributed by atoms with Gasteiger partial charge in [-0.2, -0.15) is 5.10 Å². The molecular weight excluding hydrogens is 214 g/mol. The molecule has 0 fully saturated rings. The number of carboxylic acids is 1. The smallest absolute Gasteiger partial charge is 0.330 e. The third-order valence-corrected chi connectivity index (χ3v) is 2.00. The Hall–Kier alpha value is -1.89. The molecule has 0 aromatic carbocycles. The summed E-state index contributed by atoms with van der Waals surface area (Å²) in [6, 6.07) is 0.521. The van der Waals surface area contributed by atoms with E-state index in [0.717, 1.165) is 0 Å². The van der Waals surface area contributed by atoms with Crippen molar-refractivity contribution in [1.29, 1.82) is 0 Å². The normalized spacial score (nSPS) is 12.1. The quantitative estimate of drug-likeness (QED) is 0.708. The Labute approximate surface area is 92.0 Å². The number of carbonyl (C=O) groups is 2. The number of rotatable bonds is 5. The van der Waals surface area contributed by atoms with E-state index < -0.39 is 12.0 Å². The van der Waals surface area contributed by atoms with Crippen molar-refractivity contribution in [3.8, 4) is 0 Å². The number of aliphatic carboxylic acids is 1. The predicted octanol–water partition coefficient (Wildman–Crippen LogP) is -0.485. The number of ether oxygens (including phenoxy) is 1. The summed E-state index contributed by atoms with van der Waals surface area (Å²) in [4.78, 5) is 22.1. The Morgan fingerprint density at radius 1 is 1.69 bits per heavy atom. The van der Waals surface area contributed by atoms with E-state index in [1.54, 1.807) is 0 Å². The van der Waals surface area contributed by atoms with E-state index in [1.165, 1.54) is 31.1 Å². The first-order valence-corrected chi connectivity index (χ1v) is 4.59. The van der Waals surface area contributed by atoms with Crippen molar-refractivity contribution in [3.05, 3.63) is 18.0 Å². The second-order valence-electron chi connectivity index (χ2n) is 3.07. The molecule has 0 radical (unpaired) electrons. The Balaban J connectivity index is 2.89. The van der Waals surface area contributed by atoms with E-state index in [0.29, 0.717) is 0 Å². The highest BCUT2D eigenvalue weighted by Gasteiger charge is 2.21. The third kappa shape index (κ3) is 2.57. The van der Waals surface area contributed by atoms with Crippen LogP contribution in [-0.2, 0) is 9.53 Å². The number of amides is 1. The third-order valence-electron chi connectivity index (χ3n) is 2.00. The van der Waals surface area contributed by atoms with Crippen LogP contribution in [0.2, 0.25) is 0 Å². The molecule has 0 aliphatic carbocycles. The molecule has 0 aliphatic heterocycles. The minimum absolute atomic E-state index is 0.00972. The first-order chi connectivity index (χ1) is 7.60. The lowest BCUT2D eigenvalue weighted by Crippen LogP contribution is -2.25. The van der Waals surface area contributed by atoms with Gasteiger partial charge in [0.2, 0.25) is 0 Å². The number of nitrogens with one attached hydrogen (secondary N) is 1. The van der Waals surface area contributed by atoms with Gasteiger partial charge in [-0.05, 0) is 6.07 Å². The maximum Gasteiger partial charge on any atom is 0.330 e. The Bertz CT molecular complexity index is 388. The van der Waals surface area contributed by atoms with Crippen molar-refractivity contribution in [2.45, 2.75) is 6.04 Å². The topological polar surface area (TPSA) is 93.5 Å². The van der Waals surface area contributed by atoms with Gasteiger partial charge in [0, 0.05) is 20.4 Å². The van der Waals surface area contributed by atoms with Gasteiger partial charge in [0.05, 0.1) is 6.61 Å². The fraction of sp³-hybridized carbons (Fsp3) is 0.444. The van der Waals surface area contributed by atoms with Crippen molar-refractivity contribution in [3.63, 3.8) is 0 Å². The van der Waals surface area contributed by atoms with Crippen LogP contribution in [0.4, 0.5) is 0 Å². The number of nitrogens with zero attached hydrogens (tertiary/aromatic N) is 2. The molecule has 0 saturated carbocycles. The zero-order chi connectivity index (χ0) is 12.1. The van der Waals surface area contributed by atoms with Crippen molar-refractivity contribution >= 4 is 11.9 Å². The molecule has 0 spiro atoms. The van der Waals surface area contributed by atoms with Crippen LogP contribution in [0.5, 0.6) is 0 Å². The highest BCUT2D eigenvalue weighted by Crippen LogP contribution is 2.07. The standard InChI is InChI=1S/C9H13N3O4/c1-10-8(13)6-3-4-12(11-6)7(5-16-2)9(14)15/h3-4,7H,5H2,1-2H3,(H,10,13)(H,14,15). The number of aromatic nitrogens is 2.